The van der Waals surface area contributed by atoms with E-state index in [2.05, 4.69) is 17.6 Å². The summed E-state index contributed by atoms with van der Waals surface area (Å²) in [5.41, 5.74) is 2.38. The third-order valence-electron chi connectivity index (χ3n) is 4.68. The summed E-state index contributed by atoms with van der Waals surface area (Å²) >= 11 is 0. The number of benzene rings is 1. The molecule has 0 saturated heterocycles. The molecule has 1 fully saturated rings. The van der Waals surface area contributed by atoms with Crippen molar-refractivity contribution in [3.63, 3.8) is 0 Å². The van der Waals surface area contributed by atoms with E-state index in [4.69, 9.17) is 0 Å². The van der Waals surface area contributed by atoms with Gasteiger partial charge in [0.05, 0.1) is 6.42 Å². The van der Waals surface area contributed by atoms with E-state index in [9.17, 15) is 9.59 Å². The molecule has 2 aliphatic rings. The van der Waals surface area contributed by atoms with Gasteiger partial charge in [0.25, 0.3) is 5.91 Å². The van der Waals surface area contributed by atoms with Crippen molar-refractivity contribution in [1.29, 1.82) is 0 Å². The standard InChI is InChI=1S/C17H22N2O2/c1-11-5-3-2-4-6-14(11)19-17(21)13-8-7-12-10-16(20)18-15(12)9-13/h7-9,11,14H,2-6,10H2,1H3,(H,18,20)(H,19,21). The van der Waals surface area contributed by atoms with Gasteiger partial charge in [-0.05, 0) is 36.5 Å². The van der Waals surface area contributed by atoms with E-state index >= 15 is 0 Å². The summed E-state index contributed by atoms with van der Waals surface area (Å²) in [6, 6.07) is 5.74. The molecule has 3 rings (SSSR count). The fourth-order valence-electron chi connectivity index (χ4n) is 3.31. The van der Waals surface area contributed by atoms with Crippen LogP contribution in [-0.4, -0.2) is 17.9 Å². The number of hydrogen-bond donors (Lipinski definition) is 2. The van der Waals surface area contributed by atoms with Crippen molar-refractivity contribution in [3.05, 3.63) is 29.3 Å². The molecule has 2 N–H and O–H groups in total. The van der Waals surface area contributed by atoms with Gasteiger partial charge in [-0.2, -0.15) is 0 Å². The smallest absolute Gasteiger partial charge is 0.251 e. The number of carbonyl (C=O) groups is 2. The minimum atomic E-state index is -0.0299. The Bertz CT molecular complexity index is 568. The number of amides is 2. The molecule has 1 aromatic rings. The maximum atomic E-state index is 12.4. The molecular formula is C17H22N2O2. The normalized spacial score (nSPS) is 24.9. The molecule has 1 saturated carbocycles. The lowest BCUT2D eigenvalue weighted by atomic mass is 9.96. The maximum Gasteiger partial charge on any atom is 0.251 e. The Balaban J connectivity index is 1.71. The van der Waals surface area contributed by atoms with Gasteiger partial charge in [0, 0.05) is 17.3 Å². The number of anilines is 1. The highest BCUT2D eigenvalue weighted by molar-refractivity contribution is 6.02. The largest absolute Gasteiger partial charge is 0.349 e. The van der Waals surface area contributed by atoms with Crippen molar-refractivity contribution in [2.24, 2.45) is 5.92 Å². The van der Waals surface area contributed by atoms with Crippen LogP contribution < -0.4 is 10.6 Å². The lowest BCUT2D eigenvalue weighted by molar-refractivity contribution is -0.115. The van der Waals surface area contributed by atoms with E-state index in [0.717, 1.165) is 17.7 Å². The molecule has 1 aliphatic heterocycles. The van der Waals surface area contributed by atoms with Gasteiger partial charge in [-0.3, -0.25) is 9.59 Å². The van der Waals surface area contributed by atoms with Crippen LogP contribution in [0.3, 0.4) is 0 Å². The van der Waals surface area contributed by atoms with E-state index in [1.54, 1.807) is 6.07 Å². The molecule has 0 spiro atoms. The number of rotatable bonds is 2. The molecule has 2 unspecified atom stereocenters. The number of carbonyl (C=O) groups excluding carboxylic acids is 2. The monoisotopic (exact) mass is 286 g/mol. The first-order valence-electron chi connectivity index (χ1n) is 7.87. The van der Waals surface area contributed by atoms with Crippen molar-refractivity contribution < 1.29 is 9.59 Å². The molecule has 21 heavy (non-hydrogen) atoms. The Kier molecular flexibility index (Phi) is 3.95. The first-order valence-corrected chi connectivity index (χ1v) is 7.87. The first kappa shape index (κ1) is 14.1. The summed E-state index contributed by atoms with van der Waals surface area (Å²) in [7, 11) is 0. The molecule has 0 radical (unpaired) electrons. The van der Waals surface area contributed by atoms with E-state index in [1.165, 1.54) is 25.7 Å². The maximum absolute atomic E-state index is 12.4. The van der Waals surface area contributed by atoms with Crippen LogP contribution in [0.5, 0.6) is 0 Å². The molecule has 2 atom stereocenters. The minimum absolute atomic E-state index is 0.0000477. The summed E-state index contributed by atoms with van der Waals surface area (Å²) in [5.74, 6) is 0.503. The number of fused-ring (bicyclic) bond motifs is 1. The topological polar surface area (TPSA) is 58.2 Å². The van der Waals surface area contributed by atoms with E-state index < -0.39 is 0 Å². The van der Waals surface area contributed by atoms with Crippen LogP contribution in [0.1, 0.15) is 54.9 Å². The Hall–Kier alpha value is -1.84. The summed E-state index contributed by atoms with van der Waals surface area (Å²) in [6.07, 6.45) is 6.38. The number of nitrogens with one attached hydrogen (secondary N) is 2. The van der Waals surface area contributed by atoms with Gasteiger partial charge in [0.1, 0.15) is 0 Å². The van der Waals surface area contributed by atoms with E-state index in [-0.39, 0.29) is 17.9 Å². The van der Waals surface area contributed by atoms with Gasteiger partial charge in [0.15, 0.2) is 0 Å². The average Bonchev–Trinajstić information content (AvgIpc) is 2.72. The second-order valence-corrected chi connectivity index (χ2v) is 6.29. The predicted octanol–water partition coefficient (Wildman–Crippen LogP) is 2.88. The summed E-state index contributed by atoms with van der Waals surface area (Å²) in [4.78, 5) is 23.8. The van der Waals surface area contributed by atoms with Crippen molar-refractivity contribution in [2.45, 2.75) is 51.5 Å². The quantitative estimate of drug-likeness (QED) is 0.821. The third kappa shape index (κ3) is 3.09. The molecular weight excluding hydrogens is 264 g/mol. The first-order chi connectivity index (χ1) is 10.1. The molecule has 4 nitrogen and oxygen atoms in total. The van der Waals surface area contributed by atoms with Crippen molar-refractivity contribution in [3.8, 4) is 0 Å². The SMILES string of the molecule is CC1CCCCCC1NC(=O)c1ccc2c(c1)NC(=O)C2. The van der Waals surface area contributed by atoms with Crippen molar-refractivity contribution >= 4 is 17.5 Å². The zero-order valence-corrected chi connectivity index (χ0v) is 12.4. The summed E-state index contributed by atoms with van der Waals surface area (Å²) < 4.78 is 0. The fourth-order valence-corrected chi connectivity index (χ4v) is 3.31. The molecule has 112 valence electrons. The van der Waals surface area contributed by atoms with Crippen LogP contribution in [-0.2, 0) is 11.2 Å². The summed E-state index contributed by atoms with van der Waals surface area (Å²) in [5, 5.41) is 5.97. The second-order valence-electron chi connectivity index (χ2n) is 6.29. The van der Waals surface area contributed by atoms with Gasteiger partial charge < -0.3 is 10.6 Å². The zero-order chi connectivity index (χ0) is 14.8. The summed E-state index contributed by atoms with van der Waals surface area (Å²) in [6.45, 7) is 2.22. The molecule has 2 amide bonds. The molecule has 0 aromatic heterocycles. The second kappa shape index (κ2) is 5.88. The van der Waals surface area contributed by atoms with Gasteiger partial charge >= 0.3 is 0 Å². The lowest BCUT2D eigenvalue weighted by Gasteiger charge is -2.23. The van der Waals surface area contributed by atoms with Crippen LogP contribution in [0.15, 0.2) is 18.2 Å². The highest BCUT2D eigenvalue weighted by Gasteiger charge is 2.23. The molecule has 1 aromatic carbocycles. The molecule has 4 heteroatoms. The highest BCUT2D eigenvalue weighted by atomic mass is 16.2. The zero-order valence-electron chi connectivity index (χ0n) is 12.4. The van der Waals surface area contributed by atoms with Gasteiger partial charge in [-0.15, -0.1) is 0 Å². The lowest BCUT2D eigenvalue weighted by Crippen LogP contribution is -2.38. The Morgan fingerprint density at radius 2 is 2.05 bits per heavy atom. The van der Waals surface area contributed by atoms with Crippen LogP contribution in [0.25, 0.3) is 0 Å². The molecule has 0 bridgehead atoms. The van der Waals surface area contributed by atoms with Crippen LogP contribution >= 0.6 is 0 Å². The Morgan fingerprint density at radius 1 is 1.24 bits per heavy atom. The Morgan fingerprint density at radius 3 is 2.90 bits per heavy atom. The molecule has 1 aliphatic carbocycles. The van der Waals surface area contributed by atoms with Crippen molar-refractivity contribution in [1.82, 2.24) is 5.32 Å². The average molecular weight is 286 g/mol. The van der Waals surface area contributed by atoms with Crippen LogP contribution in [0.2, 0.25) is 0 Å². The number of hydrogen-bond acceptors (Lipinski definition) is 2. The van der Waals surface area contributed by atoms with Gasteiger partial charge in [-0.1, -0.05) is 32.3 Å². The van der Waals surface area contributed by atoms with E-state index in [0.29, 0.717) is 17.9 Å². The highest BCUT2D eigenvalue weighted by Crippen LogP contribution is 2.26. The Labute approximate surface area is 125 Å². The van der Waals surface area contributed by atoms with Gasteiger partial charge in [0.2, 0.25) is 5.91 Å². The van der Waals surface area contributed by atoms with E-state index in [1.807, 2.05) is 12.1 Å². The molecule has 1 heterocycles. The predicted molar refractivity (Wildman–Crippen MR) is 82.3 cm³/mol. The minimum Gasteiger partial charge on any atom is -0.349 e. The van der Waals surface area contributed by atoms with Crippen molar-refractivity contribution in [2.75, 3.05) is 5.32 Å². The van der Waals surface area contributed by atoms with Gasteiger partial charge in [-0.25, -0.2) is 0 Å². The van der Waals surface area contributed by atoms with Crippen LogP contribution in [0.4, 0.5) is 5.69 Å². The fraction of sp³-hybridized carbons (Fsp3) is 0.529. The third-order valence-corrected chi connectivity index (χ3v) is 4.68. The van der Waals surface area contributed by atoms with Crippen LogP contribution in [0, 0.1) is 5.92 Å².